The fourth-order valence-electron chi connectivity index (χ4n) is 1.92. The molecular weight excluding hydrogens is 304 g/mol. The molecule has 3 rings (SSSR count). The van der Waals surface area contributed by atoms with Crippen molar-refractivity contribution in [1.29, 1.82) is 0 Å². The van der Waals surface area contributed by atoms with E-state index in [4.69, 9.17) is 16.0 Å². The summed E-state index contributed by atoms with van der Waals surface area (Å²) in [7, 11) is 0. The number of phenolic OH excluding ortho intramolecular Hbond substituents is 1. The van der Waals surface area contributed by atoms with Gasteiger partial charge in [0.05, 0.1) is 11.3 Å². The van der Waals surface area contributed by atoms with Crippen LogP contribution in [0.1, 0.15) is 5.89 Å². The van der Waals surface area contributed by atoms with Gasteiger partial charge in [0, 0.05) is 11.2 Å². The lowest BCUT2D eigenvalue weighted by molar-refractivity contribution is -0.103. The number of para-hydroxylation sites is 2. The maximum Gasteiger partial charge on any atom is 0.232 e. The van der Waals surface area contributed by atoms with E-state index in [0.717, 1.165) is 0 Å². The van der Waals surface area contributed by atoms with Gasteiger partial charge in [-0.3, -0.25) is 4.79 Å². The molecule has 5 nitrogen and oxygen atoms in total. The summed E-state index contributed by atoms with van der Waals surface area (Å²) in [4.78, 5) is 15.5. The van der Waals surface area contributed by atoms with Gasteiger partial charge in [-0.15, -0.1) is 0 Å². The number of oxazole rings is 1. The number of aldehydes is 1. The highest BCUT2D eigenvalue weighted by atomic mass is 35.5. The summed E-state index contributed by atoms with van der Waals surface area (Å²) in [6, 6.07) is 11.8. The number of hydrogen-bond donors (Lipinski definition) is 2. The first-order valence-electron chi connectivity index (χ1n) is 6.44. The summed E-state index contributed by atoms with van der Waals surface area (Å²) in [5, 5.41) is 13.0. The van der Waals surface area contributed by atoms with Crippen LogP contribution in [0.5, 0.6) is 5.75 Å². The molecule has 0 bridgehead atoms. The third kappa shape index (κ3) is 2.80. The van der Waals surface area contributed by atoms with Crippen molar-refractivity contribution in [1.82, 2.24) is 4.98 Å². The molecule has 110 valence electrons. The van der Waals surface area contributed by atoms with Gasteiger partial charge in [0.25, 0.3) is 0 Å². The van der Waals surface area contributed by atoms with Crippen LogP contribution in [0.4, 0.5) is 5.69 Å². The molecule has 0 saturated carbocycles. The summed E-state index contributed by atoms with van der Waals surface area (Å²) in [6.45, 7) is 0. The van der Waals surface area contributed by atoms with Crippen LogP contribution in [-0.4, -0.2) is 16.4 Å². The van der Waals surface area contributed by atoms with E-state index in [2.05, 4.69) is 10.3 Å². The molecule has 6 heteroatoms. The minimum Gasteiger partial charge on any atom is -0.506 e. The number of rotatable bonds is 4. The van der Waals surface area contributed by atoms with E-state index in [0.29, 0.717) is 28.1 Å². The molecule has 2 N–H and O–H groups in total. The van der Waals surface area contributed by atoms with Crippen LogP contribution < -0.4 is 5.32 Å². The number of carbonyl (C=O) groups is 1. The average molecular weight is 315 g/mol. The first-order valence-corrected chi connectivity index (χ1v) is 6.81. The van der Waals surface area contributed by atoms with Crippen molar-refractivity contribution in [2.75, 3.05) is 5.32 Å². The Morgan fingerprint density at radius 1 is 1.27 bits per heavy atom. The quantitative estimate of drug-likeness (QED) is 0.435. The molecule has 0 unspecified atom stereocenters. The zero-order chi connectivity index (χ0) is 15.5. The van der Waals surface area contributed by atoms with Crippen LogP contribution in [0.25, 0.3) is 16.7 Å². The van der Waals surface area contributed by atoms with Crippen LogP contribution in [0.2, 0.25) is 5.02 Å². The molecule has 0 aliphatic carbocycles. The lowest BCUT2D eigenvalue weighted by Gasteiger charge is -2.04. The SMILES string of the molecule is O=CC(=CNc1cc(Cl)ccc1O)c1nc2ccccc2o1. The number of aromatic nitrogens is 1. The standard InChI is InChI=1S/C16H11ClN2O3/c17-11-5-6-14(21)13(7-11)18-8-10(9-20)16-19-12-3-1-2-4-15(12)22-16/h1-9,18,21H. The first-order chi connectivity index (χ1) is 10.7. The Labute approximate surface area is 130 Å². The smallest absolute Gasteiger partial charge is 0.232 e. The molecule has 0 saturated heterocycles. The van der Waals surface area contributed by atoms with Crippen molar-refractivity contribution < 1.29 is 14.3 Å². The Hall–Kier alpha value is -2.79. The van der Waals surface area contributed by atoms with Crippen molar-refractivity contribution in [3.05, 3.63) is 59.6 Å². The molecule has 0 aliphatic heterocycles. The number of aromatic hydroxyl groups is 1. The van der Waals surface area contributed by atoms with Crippen LogP contribution in [0.15, 0.2) is 53.1 Å². The van der Waals surface area contributed by atoms with E-state index in [-0.39, 0.29) is 17.2 Å². The molecule has 22 heavy (non-hydrogen) atoms. The number of carbonyl (C=O) groups excluding carboxylic acids is 1. The maximum atomic E-state index is 11.3. The molecule has 0 fully saturated rings. The predicted octanol–water partition coefficient (Wildman–Crippen LogP) is 3.84. The number of halogens is 1. The summed E-state index contributed by atoms with van der Waals surface area (Å²) in [5.74, 6) is 0.216. The second kappa shape index (κ2) is 5.91. The number of nitrogens with zero attached hydrogens (tertiary/aromatic N) is 1. The van der Waals surface area contributed by atoms with Gasteiger partial charge < -0.3 is 14.8 Å². The highest BCUT2D eigenvalue weighted by molar-refractivity contribution is 6.30. The fourth-order valence-corrected chi connectivity index (χ4v) is 2.09. The molecule has 3 aromatic rings. The molecule has 0 spiro atoms. The van der Waals surface area contributed by atoms with Gasteiger partial charge in [0.15, 0.2) is 11.9 Å². The number of allylic oxidation sites excluding steroid dienone is 1. The molecule has 0 radical (unpaired) electrons. The molecule has 0 aliphatic rings. The van der Waals surface area contributed by atoms with Gasteiger partial charge in [-0.05, 0) is 30.3 Å². The summed E-state index contributed by atoms with van der Waals surface area (Å²) in [5.41, 5.74) is 1.85. The van der Waals surface area contributed by atoms with Crippen LogP contribution >= 0.6 is 11.6 Å². The van der Waals surface area contributed by atoms with Gasteiger partial charge in [-0.2, -0.15) is 0 Å². The number of fused-ring (bicyclic) bond motifs is 1. The highest BCUT2D eigenvalue weighted by Crippen LogP contribution is 2.27. The molecular formula is C16H11ClN2O3. The van der Waals surface area contributed by atoms with Gasteiger partial charge in [0.2, 0.25) is 5.89 Å². The third-order valence-electron chi connectivity index (χ3n) is 3.01. The fraction of sp³-hybridized carbons (Fsp3) is 0. The molecule has 0 amide bonds. The van der Waals surface area contributed by atoms with E-state index in [1.165, 1.54) is 12.3 Å². The number of anilines is 1. The zero-order valence-corrected chi connectivity index (χ0v) is 12.0. The lowest BCUT2D eigenvalue weighted by Crippen LogP contribution is -1.94. The minimum absolute atomic E-state index is 0.0171. The number of benzene rings is 2. The third-order valence-corrected chi connectivity index (χ3v) is 3.24. The predicted molar refractivity (Wildman–Crippen MR) is 84.8 cm³/mol. The van der Waals surface area contributed by atoms with E-state index < -0.39 is 0 Å². The Kier molecular flexibility index (Phi) is 3.80. The van der Waals surface area contributed by atoms with E-state index in [9.17, 15) is 9.90 Å². The maximum absolute atomic E-state index is 11.3. The molecule has 0 atom stereocenters. The summed E-state index contributed by atoms with van der Waals surface area (Å²) < 4.78 is 5.52. The summed E-state index contributed by atoms with van der Waals surface area (Å²) >= 11 is 5.86. The Balaban J connectivity index is 1.93. The molecule has 1 heterocycles. The molecule has 1 aromatic heterocycles. The van der Waals surface area contributed by atoms with E-state index >= 15 is 0 Å². The molecule has 2 aromatic carbocycles. The van der Waals surface area contributed by atoms with Gasteiger partial charge in [0.1, 0.15) is 11.3 Å². The Bertz CT molecular complexity index is 838. The van der Waals surface area contributed by atoms with Crippen molar-refractivity contribution >= 4 is 40.2 Å². The Morgan fingerprint density at radius 3 is 2.86 bits per heavy atom. The first kappa shape index (κ1) is 14.2. The van der Waals surface area contributed by atoms with E-state index in [1.807, 2.05) is 12.1 Å². The van der Waals surface area contributed by atoms with Gasteiger partial charge >= 0.3 is 0 Å². The Morgan fingerprint density at radius 2 is 2.09 bits per heavy atom. The zero-order valence-electron chi connectivity index (χ0n) is 11.3. The average Bonchev–Trinajstić information content (AvgIpc) is 2.95. The normalized spacial score (nSPS) is 11.6. The number of hydrogen-bond acceptors (Lipinski definition) is 5. The second-order valence-electron chi connectivity index (χ2n) is 4.51. The van der Waals surface area contributed by atoms with Crippen molar-refractivity contribution in [3.8, 4) is 5.75 Å². The number of nitrogens with one attached hydrogen (secondary N) is 1. The lowest BCUT2D eigenvalue weighted by atomic mass is 10.2. The highest BCUT2D eigenvalue weighted by Gasteiger charge is 2.10. The summed E-state index contributed by atoms with van der Waals surface area (Å²) in [6.07, 6.45) is 2.03. The van der Waals surface area contributed by atoms with Crippen molar-refractivity contribution in [2.45, 2.75) is 0 Å². The largest absolute Gasteiger partial charge is 0.506 e. The number of phenols is 1. The van der Waals surface area contributed by atoms with Crippen LogP contribution in [0.3, 0.4) is 0 Å². The van der Waals surface area contributed by atoms with Gasteiger partial charge in [-0.25, -0.2) is 4.98 Å². The topological polar surface area (TPSA) is 75.4 Å². The second-order valence-corrected chi connectivity index (χ2v) is 4.95. The van der Waals surface area contributed by atoms with E-state index in [1.54, 1.807) is 24.3 Å². The van der Waals surface area contributed by atoms with Crippen molar-refractivity contribution in [2.24, 2.45) is 0 Å². The monoisotopic (exact) mass is 314 g/mol. The van der Waals surface area contributed by atoms with Crippen LogP contribution in [0, 0.1) is 0 Å². The van der Waals surface area contributed by atoms with Crippen LogP contribution in [-0.2, 0) is 4.79 Å². The minimum atomic E-state index is 0.0171. The van der Waals surface area contributed by atoms with Gasteiger partial charge in [-0.1, -0.05) is 23.7 Å². The van der Waals surface area contributed by atoms with Crippen molar-refractivity contribution in [3.63, 3.8) is 0 Å².